The first-order chi connectivity index (χ1) is 8.16. The van der Waals surface area contributed by atoms with Crippen LogP contribution in [0.4, 0.5) is 0 Å². The highest BCUT2D eigenvalue weighted by atomic mass is 127. The molecule has 5 nitrogen and oxygen atoms in total. The van der Waals surface area contributed by atoms with Crippen LogP contribution in [-0.4, -0.2) is 36.5 Å². The van der Waals surface area contributed by atoms with Gasteiger partial charge < -0.3 is 9.47 Å². The number of nitrogens with zero attached hydrogens (tertiary/aromatic N) is 2. The molecule has 0 aromatic carbocycles. The normalized spacial score (nSPS) is 10.8. The molecule has 1 aromatic heterocycles. The molecule has 0 atom stereocenters. The van der Waals surface area contributed by atoms with E-state index in [4.69, 9.17) is 21.1 Å². The molecule has 0 saturated heterocycles. The van der Waals surface area contributed by atoms with E-state index in [1.54, 1.807) is 7.11 Å². The summed E-state index contributed by atoms with van der Waals surface area (Å²) in [6.45, 7) is 2.32. The third-order valence-corrected chi connectivity index (χ3v) is 3.64. The Balaban J connectivity index is 2.37. The maximum Gasteiger partial charge on any atom is 0.268 e. The molecule has 1 aromatic rings. The van der Waals surface area contributed by atoms with E-state index in [-0.39, 0.29) is 10.7 Å². The van der Waals surface area contributed by atoms with Gasteiger partial charge in [0.15, 0.2) is 0 Å². The fraction of sp³-hybridized carbons (Fsp3) is 0.600. The fourth-order valence-corrected chi connectivity index (χ4v) is 1.76. The van der Waals surface area contributed by atoms with Crippen LogP contribution in [0.3, 0.4) is 0 Å². The second kappa shape index (κ2) is 8.02. The van der Waals surface area contributed by atoms with Gasteiger partial charge in [-0.3, -0.25) is 9.36 Å². The van der Waals surface area contributed by atoms with Crippen LogP contribution in [0.1, 0.15) is 6.42 Å². The van der Waals surface area contributed by atoms with E-state index < -0.39 is 0 Å². The highest BCUT2D eigenvalue weighted by Gasteiger charge is 2.06. The molecule has 0 bridgehead atoms. The number of aromatic nitrogens is 2. The van der Waals surface area contributed by atoms with Crippen molar-refractivity contribution in [1.29, 1.82) is 0 Å². The predicted octanol–water partition coefficient (Wildman–Crippen LogP) is 1.55. The third-order valence-electron chi connectivity index (χ3n) is 2.06. The Morgan fingerprint density at radius 1 is 1.47 bits per heavy atom. The van der Waals surface area contributed by atoms with Crippen molar-refractivity contribution < 1.29 is 9.47 Å². The number of rotatable bonds is 7. The molecule has 7 heteroatoms. The van der Waals surface area contributed by atoms with Crippen LogP contribution in [0.2, 0.25) is 5.15 Å². The van der Waals surface area contributed by atoms with E-state index in [2.05, 4.69) is 4.98 Å². The first-order valence-corrected chi connectivity index (χ1v) is 6.59. The molecule has 0 unspecified atom stereocenters. The summed E-state index contributed by atoms with van der Waals surface area (Å²) in [5, 5.41) is 0.253. The van der Waals surface area contributed by atoms with Gasteiger partial charge in [0, 0.05) is 20.3 Å². The van der Waals surface area contributed by atoms with Gasteiger partial charge in [-0.15, -0.1) is 0 Å². The maximum absolute atomic E-state index is 11.7. The van der Waals surface area contributed by atoms with Crippen molar-refractivity contribution in [2.75, 3.05) is 26.9 Å². The number of hydrogen-bond acceptors (Lipinski definition) is 4. The van der Waals surface area contributed by atoms with Gasteiger partial charge in [0.2, 0.25) is 0 Å². The van der Waals surface area contributed by atoms with Gasteiger partial charge in [-0.05, 0) is 29.0 Å². The van der Waals surface area contributed by atoms with Crippen LogP contribution in [0, 0.1) is 3.57 Å². The molecule has 0 saturated carbocycles. The average molecular weight is 373 g/mol. The first kappa shape index (κ1) is 14.9. The molecule has 0 N–H and O–H groups in total. The molecular weight excluding hydrogens is 358 g/mol. The topological polar surface area (TPSA) is 53.4 Å². The van der Waals surface area contributed by atoms with Crippen molar-refractivity contribution in [3.8, 4) is 0 Å². The molecule has 0 aliphatic rings. The van der Waals surface area contributed by atoms with Crippen molar-refractivity contribution in [3.05, 3.63) is 25.4 Å². The second-order valence-corrected chi connectivity index (χ2v) is 4.74. The largest absolute Gasteiger partial charge is 0.382 e. The van der Waals surface area contributed by atoms with Gasteiger partial charge in [0.05, 0.1) is 19.5 Å². The van der Waals surface area contributed by atoms with Gasteiger partial charge in [0.1, 0.15) is 8.72 Å². The quantitative estimate of drug-likeness (QED) is 0.414. The minimum Gasteiger partial charge on any atom is -0.382 e. The minimum absolute atomic E-state index is 0.109. The lowest BCUT2D eigenvalue weighted by Gasteiger charge is -2.06. The molecule has 0 fully saturated rings. The van der Waals surface area contributed by atoms with Crippen molar-refractivity contribution >= 4 is 34.2 Å². The Hall–Kier alpha value is -0.180. The lowest BCUT2D eigenvalue weighted by atomic mass is 10.4. The van der Waals surface area contributed by atoms with E-state index in [0.29, 0.717) is 29.9 Å². The summed E-state index contributed by atoms with van der Waals surface area (Å²) in [5.41, 5.74) is -0.109. The molecule has 1 heterocycles. The number of ether oxygens (including phenoxy) is 2. The van der Waals surface area contributed by atoms with Gasteiger partial charge >= 0.3 is 0 Å². The van der Waals surface area contributed by atoms with Gasteiger partial charge in [-0.2, -0.15) is 0 Å². The monoisotopic (exact) mass is 372 g/mol. The van der Waals surface area contributed by atoms with E-state index in [0.717, 1.165) is 6.42 Å². The van der Waals surface area contributed by atoms with E-state index in [1.807, 2.05) is 22.6 Å². The highest BCUT2D eigenvalue weighted by molar-refractivity contribution is 14.1. The molecule has 0 aliphatic carbocycles. The van der Waals surface area contributed by atoms with Crippen LogP contribution in [0.25, 0.3) is 0 Å². The number of halogens is 2. The zero-order chi connectivity index (χ0) is 12.7. The van der Waals surface area contributed by atoms with Gasteiger partial charge in [-0.25, -0.2) is 4.98 Å². The van der Waals surface area contributed by atoms with Crippen LogP contribution >= 0.6 is 34.2 Å². The summed E-state index contributed by atoms with van der Waals surface area (Å²) in [7, 11) is 1.63. The zero-order valence-corrected chi connectivity index (χ0v) is 12.4. The number of hydrogen-bond donors (Lipinski definition) is 0. The number of methoxy groups -OCH3 is 1. The summed E-state index contributed by atoms with van der Waals surface area (Å²) in [6.07, 6.45) is 2.21. The Kier molecular flexibility index (Phi) is 7.02. The third kappa shape index (κ3) is 4.90. The maximum atomic E-state index is 11.7. The Morgan fingerprint density at radius 3 is 2.94 bits per heavy atom. The zero-order valence-electron chi connectivity index (χ0n) is 9.49. The van der Waals surface area contributed by atoms with Crippen molar-refractivity contribution in [1.82, 2.24) is 9.55 Å². The molecule has 0 amide bonds. The summed E-state index contributed by atoms with van der Waals surface area (Å²) < 4.78 is 12.1. The van der Waals surface area contributed by atoms with Crippen LogP contribution in [-0.2, 0) is 16.0 Å². The smallest absolute Gasteiger partial charge is 0.268 e. The van der Waals surface area contributed by atoms with Crippen LogP contribution < -0.4 is 5.56 Å². The van der Waals surface area contributed by atoms with Crippen molar-refractivity contribution in [2.24, 2.45) is 0 Å². The lowest BCUT2D eigenvalue weighted by molar-refractivity contribution is 0.0679. The highest BCUT2D eigenvalue weighted by Crippen LogP contribution is 2.09. The second-order valence-electron chi connectivity index (χ2n) is 3.31. The van der Waals surface area contributed by atoms with Crippen LogP contribution in [0.5, 0.6) is 0 Å². The lowest BCUT2D eigenvalue weighted by Crippen LogP contribution is -2.23. The molecule has 0 spiro atoms. The molecule has 17 heavy (non-hydrogen) atoms. The van der Waals surface area contributed by atoms with Crippen molar-refractivity contribution in [2.45, 2.75) is 13.0 Å². The summed E-state index contributed by atoms with van der Waals surface area (Å²) in [5.74, 6) is 0. The van der Waals surface area contributed by atoms with Crippen LogP contribution in [0.15, 0.2) is 11.1 Å². The molecule has 0 radical (unpaired) electrons. The molecular formula is C10H14ClIN2O3. The summed E-state index contributed by atoms with van der Waals surface area (Å²) in [6, 6.07) is 0. The Bertz CT molecular complexity index is 411. The first-order valence-electron chi connectivity index (χ1n) is 5.14. The average Bonchev–Trinajstić information content (AvgIpc) is 2.33. The van der Waals surface area contributed by atoms with E-state index in [1.165, 1.54) is 10.9 Å². The van der Waals surface area contributed by atoms with E-state index >= 15 is 0 Å². The standard InChI is InChI=1S/C10H14ClIN2O3/c1-16-5-6-17-4-2-3-14-7-13-9(11)8(12)10(14)15/h7H,2-6H2,1H3. The minimum atomic E-state index is -0.109. The van der Waals surface area contributed by atoms with Gasteiger partial charge in [-0.1, -0.05) is 11.6 Å². The predicted molar refractivity (Wildman–Crippen MR) is 73.5 cm³/mol. The Labute approximate surface area is 118 Å². The summed E-state index contributed by atoms with van der Waals surface area (Å²) in [4.78, 5) is 15.7. The SMILES string of the molecule is COCCOCCCn1cnc(Cl)c(I)c1=O. The molecule has 1 rings (SSSR count). The van der Waals surface area contributed by atoms with Gasteiger partial charge in [0.25, 0.3) is 5.56 Å². The molecule has 0 aliphatic heterocycles. The van der Waals surface area contributed by atoms with E-state index in [9.17, 15) is 4.79 Å². The molecule has 96 valence electrons. The Morgan fingerprint density at radius 2 is 2.24 bits per heavy atom. The fourth-order valence-electron chi connectivity index (χ4n) is 1.18. The van der Waals surface area contributed by atoms with Crippen molar-refractivity contribution in [3.63, 3.8) is 0 Å². The number of aryl methyl sites for hydroxylation is 1. The summed E-state index contributed by atoms with van der Waals surface area (Å²) >= 11 is 7.63.